The fourth-order valence-corrected chi connectivity index (χ4v) is 1.21. The molecule has 0 fully saturated rings. The van der Waals surface area contributed by atoms with Crippen LogP contribution in [0.2, 0.25) is 0 Å². The smallest absolute Gasteiger partial charge is 0.200 e. The lowest BCUT2D eigenvalue weighted by molar-refractivity contribution is 0.263. The van der Waals surface area contributed by atoms with Gasteiger partial charge in [0.1, 0.15) is 0 Å². The highest BCUT2D eigenvalue weighted by Gasteiger charge is 2.17. The second-order valence-electron chi connectivity index (χ2n) is 2.99. The van der Waals surface area contributed by atoms with Crippen molar-refractivity contribution < 1.29 is 20.4 Å². The van der Waals surface area contributed by atoms with Gasteiger partial charge in [0.25, 0.3) is 0 Å². The molecule has 5 nitrogen and oxygen atoms in total. The number of phenolic OH excluding ortho intramolecular Hbond substituents is 3. The molecule has 6 N–H and O–H groups in total. The third-order valence-electron chi connectivity index (χ3n) is 2.11. The van der Waals surface area contributed by atoms with Crippen molar-refractivity contribution in [3.05, 3.63) is 17.7 Å². The molecule has 1 atom stereocenters. The summed E-state index contributed by atoms with van der Waals surface area (Å²) in [5.41, 5.74) is 5.68. The van der Waals surface area contributed by atoms with Crippen LogP contribution < -0.4 is 5.73 Å². The van der Waals surface area contributed by atoms with Crippen LogP contribution in [0.5, 0.6) is 17.2 Å². The first-order chi connectivity index (χ1) is 6.61. The maximum absolute atomic E-state index is 9.43. The predicted octanol–water partition coefficient (Wildman–Crippen LogP) is -0.162. The van der Waals surface area contributed by atoms with Gasteiger partial charge in [0.05, 0.1) is 6.61 Å². The Hall–Kier alpha value is -1.46. The number of aromatic hydroxyl groups is 3. The summed E-state index contributed by atoms with van der Waals surface area (Å²) in [7, 11) is 0. The zero-order chi connectivity index (χ0) is 10.7. The molecule has 0 radical (unpaired) electrons. The molecule has 1 unspecified atom stereocenters. The van der Waals surface area contributed by atoms with Gasteiger partial charge in [0.15, 0.2) is 11.5 Å². The van der Waals surface area contributed by atoms with Crippen molar-refractivity contribution in [2.45, 2.75) is 5.92 Å². The first-order valence-corrected chi connectivity index (χ1v) is 4.16. The van der Waals surface area contributed by atoms with Gasteiger partial charge < -0.3 is 26.2 Å². The number of hydrogen-bond donors (Lipinski definition) is 5. The van der Waals surface area contributed by atoms with Crippen molar-refractivity contribution in [1.29, 1.82) is 0 Å². The molecule has 0 aliphatic rings. The molecule has 0 bridgehead atoms. The van der Waals surface area contributed by atoms with Gasteiger partial charge in [-0.25, -0.2) is 0 Å². The summed E-state index contributed by atoms with van der Waals surface area (Å²) < 4.78 is 0. The van der Waals surface area contributed by atoms with Crippen molar-refractivity contribution >= 4 is 0 Å². The standard InChI is InChI=1S/C9H13NO4/c10-3-5(4-11)6-1-2-7(12)9(14)8(6)13/h1-2,5,11-14H,3-4,10H2. The van der Waals surface area contributed by atoms with E-state index < -0.39 is 23.2 Å². The summed E-state index contributed by atoms with van der Waals surface area (Å²) in [4.78, 5) is 0. The van der Waals surface area contributed by atoms with Gasteiger partial charge in [-0.1, -0.05) is 6.07 Å². The van der Waals surface area contributed by atoms with E-state index in [4.69, 9.17) is 15.9 Å². The fraction of sp³-hybridized carbons (Fsp3) is 0.333. The van der Waals surface area contributed by atoms with E-state index in [2.05, 4.69) is 0 Å². The molecule has 0 heterocycles. The van der Waals surface area contributed by atoms with Gasteiger partial charge >= 0.3 is 0 Å². The van der Waals surface area contributed by atoms with Crippen LogP contribution in [0.3, 0.4) is 0 Å². The van der Waals surface area contributed by atoms with E-state index in [0.717, 1.165) is 0 Å². The SMILES string of the molecule is NCC(CO)c1ccc(O)c(O)c1O. The normalized spacial score (nSPS) is 12.7. The van der Waals surface area contributed by atoms with Crippen LogP contribution in [0, 0.1) is 0 Å². The van der Waals surface area contributed by atoms with Gasteiger partial charge in [0, 0.05) is 18.0 Å². The lowest BCUT2D eigenvalue weighted by Gasteiger charge is -2.14. The molecule has 78 valence electrons. The maximum Gasteiger partial charge on any atom is 0.200 e. The monoisotopic (exact) mass is 199 g/mol. The van der Waals surface area contributed by atoms with Crippen molar-refractivity contribution in [1.82, 2.24) is 0 Å². The topological polar surface area (TPSA) is 107 Å². The molecular formula is C9H13NO4. The predicted molar refractivity (Wildman–Crippen MR) is 50.3 cm³/mol. The van der Waals surface area contributed by atoms with Crippen LogP contribution in [0.1, 0.15) is 11.5 Å². The zero-order valence-corrected chi connectivity index (χ0v) is 7.51. The second-order valence-corrected chi connectivity index (χ2v) is 2.99. The number of phenols is 3. The third-order valence-corrected chi connectivity index (χ3v) is 2.11. The fourth-order valence-electron chi connectivity index (χ4n) is 1.21. The highest BCUT2D eigenvalue weighted by molar-refractivity contribution is 5.54. The van der Waals surface area contributed by atoms with Crippen LogP contribution in [-0.2, 0) is 0 Å². The van der Waals surface area contributed by atoms with E-state index in [1.165, 1.54) is 12.1 Å². The molecule has 5 heteroatoms. The Morgan fingerprint density at radius 3 is 2.29 bits per heavy atom. The molecule has 0 aromatic heterocycles. The van der Waals surface area contributed by atoms with Gasteiger partial charge in [-0.05, 0) is 6.07 Å². The molecule has 1 rings (SSSR count). The van der Waals surface area contributed by atoms with E-state index in [0.29, 0.717) is 5.56 Å². The summed E-state index contributed by atoms with van der Waals surface area (Å²) in [6, 6.07) is 2.65. The Balaban J connectivity index is 3.16. The van der Waals surface area contributed by atoms with Crippen molar-refractivity contribution in [3.63, 3.8) is 0 Å². The van der Waals surface area contributed by atoms with Crippen LogP contribution in [-0.4, -0.2) is 33.6 Å². The van der Waals surface area contributed by atoms with E-state index >= 15 is 0 Å². The largest absolute Gasteiger partial charge is 0.504 e. The summed E-state index contributed by atoms with van der Waals surface area (Å²) in [5.74, 6) is -1.87. The quantitative estimate of drug-likeness (QED) is 0.435. The van der Waals surface area contributed by atoms with Crippen LogP contribution in [0.4, 0.5) is 0 Å². The van der Waals surface area contributed by atoms with Gasteiger partial charge in [-0.2, -0.15) is 0 Å². The van der Waals surface area contributed by atoms with E-state index in [1.54, 1.807) is 0 Å². The average molecular weight is 199 g/mol. The number of aliphatic hydroxyl groups excluding tert-OH is 1. The van der Waals surface area contributed by atoms with Crippen LogP contribution in [0.25, 0.3) is 0 Å². The minimum atomic E-state index is -0.589. The highest BCUT2D eigenvalue weighted by Crippen LogP contribution is 2.39. The molecule has 1 aromatic rings. The molecule has 0 saturated heterocycles. The first-order valence-electron chi connectivity index (χ1n) is 4.16. The zero-order valence-electron chi connectivity index (χ0n) is 7.51. The average Bonchev–Trinajstić information content (AvgIpc) is 2.19. The number of benzene rings is 1. The Bertz CT molecular complexity index is 323. The molecule has 0 amide bonds. The lowest BCUT2D eigenvalue weighted by atomic mass is 9.98. The summed E-state index contributed by atoms with van der Waals surface area (Å²) in [6.45, 7) is -0.0808. The Labute approximate surface area is 81.0 Å². The maximum atomic E-state index is 9.43. The van der Waals surface area contributed by atoms with Gasteiger partial charge in [-0.15, -0.1) is 0 Å². The van der Waals surface area contributed by atoms with Crippen LogP contribution >= 0.6 is 0 Å². The van der Waals surface area contributed by atoms with Crippen molar-refractivity contribution in [2.24, 2.45) is 5.73 Å². The van der Waals surface area contributed by atoms with E-state index in [-0.39, 0.29) is 13.2 Å². The Morgan fingerprint density at radius 1 is 1.14 bits per heavy atom. The molecule has 14 heavy (non-hydrogen) atoms. The number of rotatable bonds is 3. The van der Waals surface area contributed by atoms with Crippen molar-refractivity contribution in [3.8, 4) is 17.2 Å². The molecule has 0 spiro atoms. The second kappa shape index (κ2) is 4.17. The van der Waals surface area contributed by atoms with Gasteiger partial charge in [-0.3, -0.25) is 0 Å². The Morgan fingerprint density at radius 2 is 1.79 bits per heavy atom. The summed E-state index contributed by atoms with van der Waals surface area (Å²) >= 11 is 0. The minimum absolute atomic E-state index is 0.147. The van der Waals surface area contributed by atoms with Gasteiger partial charge in [0.2, 0.25) is 5.75 Å². The summed E-state index contributed by atoms with van der Waals surface area (Å²) in [6.07, 6.45) is 0. The third kappa shape index (κ3) is 1.73. The number of nitrogens with two attached hydrogens (primary N) is 1. The van der Waals surface area contributed by atoms with E-state index in [9.17, 15) is 10.2 Å². The van der Waals surface area contributed by atoms with E-state index in [1.807, 2.05) is 0 Å². The highest BCUT2D eigenvalue weighted by atomic mass is 16.3. The number of hydrogen-bond acceptors (Lipinski definition) is 5. The molecule has 1 aromatic carbocycles. The van der Waals surface area contributed by atoms with Crippen LogP contribution in [0.15, 0.2) is 12.1 Å². The molecule has 0 saturated carbocycles. The Kier molecular flexibility index (Phi) is 3.16. The minimum Gasteiger partial charge on any atom is -0.504 e. The number of aliphatic hydroxyl groups is 1. The first kappa shape index (κ1) is 10.6. The molecular weight excluding hydrogens is 186 g/mol. The summed E-state index contributed by atoms with van der Waals surface area (Å²) in [5, 5.41) is 36.6. The van der Waals surface area contributed by atoms with Crippen molar-refractivity contribution in [2.75, 3.05) is 13.2 Å². The molecule has 0 aliphatic carbocycles. The lowest BCUT2D eigenvalue weighted by Crippen LogP contribution is -2.16. The molecule has 0 aliphatic heterocycles.